The Hall–Kier alpha value is -1.61. The number of hydrogen-bond donors (Lipinski definition) is 0. The highest BCUT2D eigenvalue weighted by molar-refractivity contribution is 9.08. The Morgan fingerprint density at radius 2 is 1.67 bits per heavy atom. The fourth-order valence-electron chi connectivity index (χ4n) is 1.70. The standard InChI is InChI=1S/C15H14BrNO/c1-17(14-9-7-12(11-16)8-10-14)15(18)13-5-3-2-4-6-13/h2-10H,11H2,1H3. The van der Waals surface area contributed by atoms with Crippen molar-refractivity contribution in [2.45, 2.75) is 5.33 Å². The number of halogens is 1. The van der Waals surface area contributed by atoms with Crippen LogP contribution < -0.4 is 4.90 Å². The van der Waals surface area contributed by atoms with Gasteiger partial charge in [0, 0.05) is 23.6 Å². The first kappa shape index (κ1) is 12.8. The van der Waals surface area contributed by atoms with E-state index < -0.39 is 0 Å². The van der Waals surface area contributed by atoms with Crippen molar-refractivity contribution in [3.05, 3.63) is 65.7 Å². The third-order valence-electron chi connectivity index (χ3n) is 2.80. The molecule has 2 nitrogen and oxygen atoms in total. The van der Waals surface area contributed by atoms with Crippen molar-refractivity contribution in [2.24, 2.45) is 0 Å². The van der Waals surface area contributed by atoms with Gasteiger partial charge in [-0.2, -0.15) is 0 Å². The van der Waals surface area contributed by atoms with Crippen LogP contribution in [0.2, 0.25) is 0 Å². The van der Waals surface area contributed by atoms with Crippen molar-refractivity contribution in [3.63, 3.8) is 0 Å². The van der Waals surface area contributed by atoms with E-state index in [9.17, 15) is 4.79 Å². The van der Waals surface area contributed by atoms with Gasteiger partial charge in [-0.3, -0.25) is 4.79 Å². The molecule has 0 N–H and O–H groups in total. The van der Waals surface area contributed by atoms with Gasteiger partial charge in [0.25, 0.3) is 5.91 Å². The molecule has 2 aromatic rings. The van der Waals surface area contributed by atoms with E-state index in [0.29, 0.717) is 5.56 Å². The average molecular weight is 304 g/mol. The Balaban J connectivity index is 2.20. The van der Waals surface area contributed by atoms with Gasteiger partial charge in [0.05, 0.1) is 0 Å². The zero-order valence-corrected chi connectivity index (χ0v) is 11.7. The summed E-state index contributed by atoms with van der Waals surface area (Å²) in [5.41, 5.74) is 2.79. The van der Waals surface area contributed by atoms with Gasteiger partial charge < -0.3 is 4.90 Å². The minimum atomic E-state index is 0.00203. The van der Waals surface area contributed by atoms with Gasteiger partial charge in [0.15, 0.2) is 0 Å². The van der Waals surface area contributed by atoms with Crippen LogP contribution in [0, 0.1) is 0 Å². The minimum Gasteiger partial charge on any atom is -0.311 e. The third kappa shape index (κ3) is 2.79. The Morgan fingerprint density at radius 3 is 2.22 bits per heavy atom. The Morgan fingerprint density at radius 1 is 1.06 bits per heavy atom. The highest BCUT2D eigenvalue weighted by Crippen LogP contribution is 2.17. The molecule has 0 bridgehead atoms. The smallest absolute Gasteiger partial charge is 0.258 e. The van der Waals surface area contributed by atoms with Gasteiger partial charge in [-0.25, -0.2) is 0 Å². The molecule has 0 unspecified atom stereocenters. The summed E-state index contributed by atoms with van der Waals surface area (Å²) in [6.45, 7) is 0. The second-order valence-electron chi connectivity index (χ2n) is 4.03. The quantitative estimate of drug-likeness (QED) is 0.789. The molecule has 0 heterocycles. The Bertz CT molecular complexity index is 522. The number of anilines is 1. The molecule has 1 amide bonds. The number of alkyl halides is 1. The molecular formula is C15H14BrNO. The van der Waals surface area contributed by atoms with Crippen LogP contribution in [0.15, 0.2) is 54.6 Å². The van der Waals surface area contributed by atoms with Crippen LogP contribution in [0.1, 0.15) is 15.9 Å². The molecule has 0 fully saturated rings. The van der Waals surface area contributed by atoms with Gasteiger partial charge in [0.1, 0.15) is 0 Å². The monoisotopic (exact) mass is 303 g/mol. The molecule has 2 aromatic carbocycles. The van der Waals surface area contributed by atoms with E-state index in [2.05, 4.69) is 15.9 Å². The molecule has 0 spiro atoms. The van der Waals surface area contributed by atoms with Crippen molar-refractivity contribution in [2.75, 3.05) is 11.9 Å². The second-order valence-corrected chi connectivity index (χ2v) is 4.59. The van der Waals surface area contributed by atoms with E-state index in [1.54, 1.807) is 11.9 Å². The highest BCUT2D eigenvalue weighted by Gasteiger charge is 2.12. The Labute approximate surface area is 115 Å². The predicted molar refractivity (Wildman–Crippen MR) is 78.2 cm³/mol. The van der Waals surface area contributed by atoms with Crippen LogP contribution in [0.25, 0.3) is 0 Å². The Kier molecular flexibility index (Phi) is 4.15. The van der Waals surface area contributed by atoms with E-state index in [-0.39, 0.29) is 5.91 Å². The zero-order chi connectivity index (χ0) is 13.0. The van der Waals surface area contributed by atoms with Crippen LogP contribution in [0.5, 0.6) is 0 Å². The maximum Gasteiger partial charge on any atom is 0.258 e. The molecular weight excluding hydrogens is 290 g/mol. The molecule has 0 aliphatic heterocycles. The summed E-state index contributed by atoms with van der Waals surface area (Å²) in [7, 11) is 1.79. The summed E-state index contributed by atoms with van der Waals surface area (Å²) in [6.07, 6.45) is 0. The second kappa shape index (κ2) is 5.83. The molecule has 0 radical (unpaired) electrons. The van der Waals surface area contributed by atoms with Crippen LogP contribution >= 0.6 is 15.9 Å². The fourth-order valence-corrected chi connectivity index (χ4v) is 2.07. The number of carbonyl (C=O) groups is 1. The van der Waals surface area contributed by atoms with Crippen LogP contribution in [-0.4, -0.2) is 13.0 Å². The lowest BCUT2D eigenvalue weighted by Gasteiger charge is -2.17. The number of rotatable bonds is 3. The number of nitrogens with zero attached hydrogens (tertiary/aromatic N) is 1. The first-order chi connectivity index (χ1) is 8.72. The fraction of sp³-hybridized carbons (Fsp3) is 0.133. The average Bonchev–Trinajstić information content (AvgIpc) is 2.47. The zero-order valence-electron chi connectivity index (χ0n) is 10.1. The highest BCUT2D eigenvalue weighted by atomic mass is 79.9. The normalized spacial score (nSPS) is 10.1. The summed E-state index contributed by atoms with van der Waals surface area (Å²) in [5, 5.41) is 0.823. The molecule has 0 saturated heterocycles. The summed E-state index contributed by atoms with van der Waals surface area (Å²) in [6, 6.07) is 17.2. The topological polar surface area (TPSA) is 20.3 Å². The first-order valence-corrected chi connectivity index (χ1v) is 6.82. The first-order valence-electron chi connectivity index (χ1n) is 5.70. The van der Waals surface area contributed by atoms with Crippen LogP contribution in [0.3, 0.4) is 0 Å². The van der Waals surface area contributed by atoms with Crippen molar-refractivity contribution < 1.29 is 4.79 Å². The van der Waals surface area contributed by atoms with Crippen molar-refractivity contribution in [3.8, 4) is 0 Å². The summed E-state index contributed by atoms with van der Waals surface area (Å²) < 4.78 is 0. The van der Waals surface area contributed by atoms with E-state index in [0.717, 1.165) is 11.0 Å². The van der Waals surface area contributed by atoms with Crippen LogP contribution in [0.4, 0.5) is 5.69 Å². The van der Waals surface area contributed by atoms with Crippen molar-refractivity contribution >= 4 is 27.5 Å². The number of benzene rings is 2. The summed E-state index contributed by atoms with van der Waals surface area (Å²) >= 11 is 3.40. The molecule has 0 aromatic heterocycles. The van der Waals surface area contributed by atoms with Crippen molar-refractivity contribution in [1.29, 1.82) is 0 Å². The largest absolute Gasteiger partial charge is 0.311 e. The summed E-state index contributed by atoms with van der Waals surface area (Å²) in [4.78, 5) is 13.9. The molecule has 2 rings (SSSR count). The molecule has 3 heteroatoms. The summed E-state index contributed by atoms with van der Waals surface area (Å²) in [5.74, 6) is 0.00203. The van der Waals surface area contributed by atoms with Crippen LogP contribution in [-0.2, 0) is 5.33 Å². The lowest BCUT2D eigenvalue weighted by Crippen LogP contribution is -2.26. The van der Waals surface area contributed by atoms with Gasteiger partial charge >= 0.3 is 0 Å². The molecule has 92 valence electrons. The lowest BCUT2D eigenvalue weighted by atomic mass is 10.1. The number of hydrogen-bond acceptors (Lipinski definition) is 1. The number of amides is 1. The van der Waals surface area contributed by atoms with E-state index in [1.165, 1.54) is 5.56 Å². The molecule has 18 heavy (non-hydrogen) atoms. The molecule has 0 saturated carbocycles. The third-order valence-corrected chi connectivity index (χ3v) is 3.45. The SMILES string of the molecule is CN(C(=O)c1ccccc1)c1ccc(CBr)cc1. The van der Waals surface area contributed by atoms with E-state index in [1.807, 2.05) is 54.6 Å². The molecule has 0 aliphatic carbocycles. The maximum absolute atomic E-state index is 12.2. The van der Waals surface area contributed by atoms with E-state index in [4.69, 9.17) is 0 Å². The maximum atomic E-state index is 12.2. The van der Waals surface area contributed by atoms with Gasteiger partial charge in [-0.15, -0.1) is 0 Å². The molecule has 0 aliphatic rings. The molecule has 0 atom stereocenters. The van der Waals surface area contributed by atoms with Gasteiger partial charge in [-0.1, -0.05) is 46.3 Å². The minimum absolute atomic E-state index is 0.00203. The predicted octanol–water partition coefficient (Wildman–Crippen LogP) is 3.86. The van der Waals surface area contributed by atoms with E-state index >= 15 is 0 Å². The van der Waals surface area contributed by atoms with Gasteiger partial charge in [-0.05, 0) is 29.8 Å². The number of carbonyl (C=O) groups excluding carboxylic acids is 1. The lowest BCUT2D eigenvalue weighted by molar-refractivity contribution is 0.0993. The van der Waals surface area contributed by atoms with Gasteiger partial charge in [0.2, 0.25) is 0 Å². The van der Waals surface area contributed by atoms with Crippen molar-refractivity contribution in [1.82, 2.24) is 0 Å².